The number of ether oxygens (including phenoxy) is 1. The minimum Gasteiger partial charge on any atom is -0.378 e. The fourth-order valence-electron chi connectivity index (χ4n) is 4.77. The fraction of sp³-hybridized carbons (Fsp3) is 0.500. The second-order valence-corrected chi connectivity index (χ2v) is 9.17. The van der Waals surface area contributed by atoms with Gasteiger partial charge in [0.05, 0.1) is 37.5 Å². The van der Waals surface area contributed by atoms with Crippen LogP contribution in [0.15, 0.2) is 24.4 Å². The summed E-state index contributed by atoms with van der Waals surface area (Å²) in [4.78, 5) is 10.7. The van der Waals surface area contributed by atoms with E-state index in [2.05, 4.69) is 36.0 Å². The monoisotopic (exact) mass is 520 g/mol. The maximum atomic E-state index is 15.0. The molecule has 0 saturated carbocycles. The van der Waals surface area contributed by atoms with Crippen molar-refractivity contribution in [2.45, 2.75) is 37.4 Å². The number of nitrogens with zero attached hydrogens (tertiary/aromatic N) is 8. The Kier molecular flexibility index (Phi) is 5.82. The SMILES string of the molecule is CNc1nc(NC2CCN(C3COC3)CC2(F)F)nn2ccc(-c3ccc4nnn(CC(F)F)c4n3)c12. The van der Waals surface area contributed by atoms with E-state index in [9.17, 15) is 17.6 Å². The molecule has 0 amide bonds. The highest BCUT2D eigenvalue weighted by Crippen LogP contribution is 2.33. The Bertz CT molecular complexity index is 1440. The first-order valence-electron chi connectivity index (χ1n) is 11.8. The maximum absolute atomic E-state index is 15.0. The molecule has 37 heavy (non-hydrogen) atoms. The molecule has 2 N–H and O–H groups in total. The molecule has 2 aliphatic heterocycles. The molecule has 2 saturated heterocycles. The van der Waals surface area contributed by atoms with Gasteiger partial charge in [0.2, 0.25) is 5.95 Å². The van der Waals surface area contributed by atoms with Crippen LogP contribution in [0.5, 0.6) is 0 Å². The number of nitrogens with one attached hydrogen (secondary N) is 2. The summed E-state index contributed by atoms with van der Waals surface area (Å²) in [6.45, 7) is 0.534. The number of halogens is 4. The molecular weight excluding hydrogens is 496 g/mol. The molecule has 1 atom stereocenters. The van der Waals surface area contributed by atoms with Crippen LogP contribution in [-0.4, -0.2) is 97.3 Å². The predicted octanol–water partition coefficient (Wildman–Crippen LogP) is 2.36. The molecule has 2 fully saturated rings. The van der Waals surface area contributed by atoms with E-state index in [-0.39, 0.29) is 30.6 Å². The van der Waals surface area contributed by atoms with Crippen molar-refractivity contribution in [2.75, 3.05) is 44.0 Å². The first-order chi connectivity index (χ1) is 17.8. The third-order valence-corrected chi connectivity index (χ3v) is 6.76. The van der Waals surface area contributed by atoms with Gasteiger partial charge in [-0.15, -0.1) is 10.2 Å². The first-order valence-corrected chi connectivity index (χ1v) is 11.8. The molecule has 11 nitrogen and oxygen atoms in total. The number of anilines is 2. The van der Waals surface area contributed by atoms with Crippen LogP contribution in [0.3, 0.4) is 0 Å². The number of alkyl halides is 4. The third-order valence-electron chi connectivity index (χ3n) is 6.76. The average molecular weight is 520 g/mol. The van der Waals surface area contributed by atoms with E-state index in [1.807, 2.05) is 0 Å². The van der Waals surface area contributed by atoms with Crippen molar-refractivity contribution in [1.29, 1.82) is 0 Å². The van der Waals surface area contributed by atoms with E-state index in [0.717, 1.165) is 4.68 Å². The van der Waals surface area contributed by atoms with Crippen molar-refractivity contribution >= 4 is 28.4 Å². The van der Waals surface area contributed by atoms with E-state index in [4.69, 9.17) is 4.74 Å². The lowest BCUT2D eigenvalue weighted by atomic mass is 9.98. The van der Waals surface area contributed by atoms with Crippen LogP contribution < -0.4 is 10.6 Å². The summed E-state index contributed by atoms with van der Waals surface area (Å²) in [5.41, 5.74) is 2.28. The van der Waals surface area contributed by atoms with Gasteiger partial charge in [-0.05, 0) is 24.6 Å². The van der Waals surface area contributed by atoms with Crippen molar-refractivity contribution in [1.82, 2.24) is 39.5 Å². The molecule has 15 heteroatoms. The van der Waals surface area contributed by atoms with Gasteiger partial charge in [0, 0.05) is 25.4 Å². The lowest BCUT2D eigenvalue weighted by Crippen LogP contribution is -2.61. The second-order valence-electron chi connectivity index (χ2n) is 9.17. The molecular formula is C22H24F4N10O. The molecule has 0 aliphatic carbocycles. The molecule has 196 valence electrons. The smallest absolute Gasteiger partial charge is 0.280 e. The van der Waals surface area contributed by atoms with Gasteiger partial charge in [-0.1, -0.05) is 5.21 Å². The summed E-state index contributed by atoms with van der Waals surface area (Å²) in [7, 11) is 1.66. The van der Waals surface area contributed by atoms with Crippen LogP contribution in [0, 0.1) is 0 Å². The number of likely N-dealkylation sites (tertiary alicyclic amines) is 1. The second kappa shape index (κ2) is 9.06. The normalized spacial score (nSPS) is 20.5. The summed E-state index contributed by atoms with van der Waals surface area (Å²) in [5, 5.41) is 17.9. The van der Waals surface area contributed by atoms with Crippen molar-refractivity contribution in [3.63, 3.8) is 0 Å². The minimum atomic E-state index is -2.97. The Morgan fingerprint density at radius 2 is 2.03 bits per heavy atom. The highest BCUT2D eigenvalue weighted by molar-refractivity contribution is 5.89. The molecule has 1 unspecified atom stereocenters. The van der Waals surface area contributed by atoms with E-state index in [1.54, 1.807) is 36.3 Å². The predicted molar refractivity (Wildman–Crippen MR) is 126 cm³/mol. The standard InChI is InChI=1S/C22H24F4N10O/c1-27-19-18-13(14-2-3-15-20(28-14)36(33-31-15)8-17(23)24)4-7-35(18)32-21(30-19)29-16-5-6-34(11-22(16,25)26)12-9-37-10-12/h2-4,7,12,16-17H,5-6,8-11H2,1H3,(H2,27,29,30,32). The largest absolute Gasteiger partial charge is 0.378 e. The lowest BCUT2D eigenvalue weighted by Gasteiger charge is -2.44. The van der Waals surface area contributed by atoms with Gasteiger partial charge in [-0.25, -0.2) is 31.7 Å². The van der Waals surface area contributed by atoms with E-state index in [0.29, 0.717) is 47.9 Å². The Balaban J connectivity index is 1.30. The number of pyridine rings is 1. The quantitative estimate of drug-likeness (QED) is 0.355. The summed E-state index contributed by atoms with van der Waals surface area (Å²) in [6, 6.07) is 4.03. The molecule has 4 aromatic heterocycles. The molecule has 0 bridgehead atoms. The summed E-state index contributed by atoms with van der Waals surface area (Å²) < 4.78 is 63.5. The minimum absolute atomic E-state index is 0.0474. The molecule has 0 aromatic carbocycles. The summed E-state index contributed by atoms with van der Waals surface area (Å²) >= 11 is 0. The van der Waals surface area contributed by atoms with Gasteiger partial charge in [-0.2, -0.15) is 4.98 Å². The molecule has 6 heterocycles. The van der Waals surface area contributed by atoms with Crippen molar-refractivity contribution in [2.24, 2.45) is 0 Å². The van der Waals surface area contributed by atoms with Gasteiger partial charge in [0.25, 0.3) is 12.3 Å². The summed E-state index contributed by atoms with van der Waals surface area (Å²) in [5.74, 6) is -2.51. The van der Waals surface area contributed by atoms with E-state index < -0.39 is 24.9 Å². The van der Waals surface area contributed by atoms with Crippen LogP contribution in [0.1, 0.15) is 6.42 Å². The van der Waals surface area contributed by atoms with E-state index in [1.165, 1.54) is 4.52 Å². The zero-order valence-corrected chi connectivity index (χ0v) is 19.8. The van der Waals surface area contributed by atoms with Gasteiger partial charge >= 0.3 is 0 Å². The Morgan fingerprint density at radius 1 is 1.19 bits per heavy atom. The number of piperidine rings is 1. The third kappa shape index (κ3) is 4.31. The van der Waals surface area contributed by atoms with E-state index >= 15 is 0 Å². The molecule has 6 rings (SSSR count). The van der Waals surface area contributed by atoms with Crippen LogP contribution in [-0.2, 0) is 11.3 Å². The Hall–Kier alpha value is -3.59. The average Bonchev–Trinajstić information content (AvgIpc) is 3.42. The number of hydrogen-bond acceptors (Lipinski definition) is 9. The zero-order valence-electron chi connectivity index (χ0n) is 19.8. The number of aromatic nitrogens is 7. The maximum Gasteiger partial charge on any atom is 0.280 e. The molecule has 2 aliphatic rings. The van der Waals surface area contributed by atoms with Crippen LogP contribution in [0.2, 0.25) is 0 Å². The molecule has 0 radical (unpaired) electrons. The molecule has 4 aromatic rings. The van der Waals surface area contributed by atoms with Crippen LogP contribution >= 0.6 is 0 Å². The van der Waals surface area contributed by atoms with Gasteiger partial charge in [-0.3, -0.25) is 4.90 Å². The highest BCUT2D eigenvalue weighted by atomic mass is 19.3. The van der Waals surface area contributed by atoms with Crippen molar-refractivity contribution in [3.8, 4) is 11.3 Å². The van der Waals surface area contributed by atoms with Crippen molar-refractivity contribution < 1.29 is 22.3 Å². The fourth-order valence-corrected chi connectivity index (χ4v) is 4.77. The van der Waals surface area contributed by atoms with Crippen LogP contribution in [0.4, 0.5) is 29.3 Å². The molecule has 0 spiro atoms. The number of hydrogen-bond donors (Lipinski definition) is 2. The Labute approximate surface area is 207 Å². The Morgan fingerprint density at radius 3 is 2.73 bits per heavy atom. The van der Waals surface area contributed by atoms with Gasteiger partial charge in [0.1, 0.15) is 17.6 Å². The highest BCUT2D eigenvalue weighted by Gasteiger charge is 2.47. The zero-order chi connectivity index (χ0) is 25.7. The van der Waals surface area contributed by atoms with Crippen molar-refractivity contribution in [3.05, 3.63) is 24.4 Å². The number of fused-ring (bicyclic) bond motifs is 2. The topological polar surface area (TPSA) is 110 Å². The number of rotatable bonds is 7. The first kappa shape index (κ1) is 23.8. The van der Waals surface area contributed by atoms with Gasteiger partial charge in [0.15, 0.2) is 11.5 Å². The lowest BCUT2D eigenvalue weighted by molar-refractivity contribution is -0.131. The van der Waals surface area contributed by atoms with Crippen LogP contribution in [0.25, 0.3) is 27.9 Å². The summed E-state index contributed by atoms with van der Waals surface area (Å²) in [6.07, 6.45) is -0.704. The van der Waals surface area contributed by atoms with Gasteiger partial charge < -0.3 is 15.4 Å².